The van der Waals surface area contributed by atoms with Gasteiger partial charge in [-0.15, -0.1) is 0 Å². The summed E-state index contributed by atoms with van der Waals surface area (Å²) in [6, 6.07) is 17.3. The maximum atomic E-state index is 13.7. The number of carbonyl (C=O) groups excluding carboxylic acids is 1. The van der Waals surface area contributed by atoms with Gasteiger partial charge in [0.1, 0.15) is 11.9 Å². The highest BCUT2D eigenvalue weighted by molar-refractivity contribution is 7.89. The number of rotatable bonds is 10. The number of piperidine rings is 1. The summed E-state index contributed by atoms with van der Waals surface area (Å²) in [5.41, 5.74) is 13.8. The van der Waals surface area contributed by atoms with Gasteiger partial charge in [-0.1, -0.05) is 59.6 Å². The summed E-state index contributed by atoms with van der Waals surface area (Å²) in [6.07, 6.45) is 2.66. The van der Waals surface area contributed by atoms with Crippen LogP contribution >= 0.6 is 23.2 Å². The van der Waals surface area contributed by atoms with Crippen molar-refractivity contribution in [3.8, 4) is 11.1 Å². The van der Waals surface area contributed by atoms with Gasteiger partial charge in [0.25, 0.3) is 0 Å². The smallest absolute Gasteiger partial charge is 0.241 e. The van der Waals surface area contributed by atoms with E-state index < -0.39 is 16.1 Å². The van der Waals surface area contributed by atoms with Gasteiger partial charge in [-0.3, -0.25) is 10.2 Å². The molecule has 3 aromatic rings. The first-order valence-electron chi connectivity index (χ1n) is 13.1. The van der Waals surface area contributed by atoms with Crippen LogP contribution in [-0.2, 0) is 21.2 Å². The molecule has 3 aromatic carbocycles. The second-order valence-corrected chi connectivity index (χ2v) is 12.5. The summed E-state index contributed by atoms with van der Waals surface area (Å²) < 4.78 is 30.0. The molecule has 0 unspecified atom stereocenters. The van der Waals surface area contributed by atoms with E-state index in [4.69, 9.17) is 40.1 Å². The summed E-state index contributed by atoms with van der Waals surface area (Å²) in [5.74, 6) is 0.0590. The number of likely N-dealkylation sites (tertiary alicyclic amines) is 1. The Kier molecular flexibility index (Phi) is 9.86. The van der Waals surface area contributed by atoms with E-state index in [1.54, 1.807) is 59.5 Å². The van der Waals surface area contributed by atoms with Gasteiger partial charge in [0.05, 0.1) is 4.90 Å². The highest BCUT2D eigenvalue weighted by Crippen LogP contribution is 2.31. The third-order valence-corrected chi connectivity index (χ3v) is 9.18. The van der Waals surface area contributed by atoms with Gasteiger partial charge in [0.2, 0.25) is 15.9 Å². The molecule has 212 valence electrons. The van der Waals surface area contributed by atoms with E-state index in [0.717, 1.165) is 19.3 Å². The van der Waals surface area contributed by atoms with Gasteiger partial charge in [-0.05, 0) is 79.6 Å². The first-order valence-corrected chi connectivity index (χ1v) is 15.3. The monoisotopic (exact) mass is 601 g/mol. The number of hydrogen-bond acceptors (Lipinski definition) is 5. The number of nitrogens with one attached hydrogen (secondary N) is 2. The van der Waals surface area contributed by atoms with Crippen LogP contribution in [0.15, 0.2) is 71.6 Å². The number of amidine groups is 1. The van der Waals surface area contributed by atoms with E-state index in [9.17, 15) is 13.2 Å². The summed E-state index contributed by atoms with van der Waals surface area (Å²) >= 11 is 12.4. The van der Waals surface area contributed by atoms with Crippen LogP contribution in [-0.4, -0.2) is 50.7 Å². The zero-order chi connectivity index (χ0) is 28.9. The Labute approximate surface area is 245 Å². The van der Waals surface area contributed by atoms with E-state index >= 15 is 0 Å². The maximum Gasteiger partial charge on any atom is 0.241 e. The number of sulfonamides is 1. The average molecular weight is 603 g/mol. The number of amides is 1. The lowest BCUT2D eigenvalue weighted by molar-refractivity contribution is -0.134. The third-order valence-electron chi connectivity index (χ3n) is 7.16. The van der Waals surface area contributed by atoms with E-state index in [1.807, 2.05) is 0 Å². The fraction of sp³-hybridized carbons (Fsp3) is 0.310. The van der Waals surface area contributed by atoms with Crippen molar-refractivity contribution in [1.29, 1.82) is 5.41 Å². The van der Waals surface area contributed by atoms with Crippen LogP contribution in [0.5, 0.6) is 0 Å². The van der Waals surface area contributed by atoms with Crippen molar-refractivity contribution in [1.82, 2.24) is 9.62 Å². The van der Waals surface area contributed by atoms with E-state index in [-0.39, 0.29) is 23.1 Å². The standard InChI is InChI=1S/C29H33Cl2N5O3S/c30-23-7-8-25(26(31)18-23)21-4-2-6-24(17-21)40(38,39)35-27(16-20-3-1-5-22(15-20)28(33)34)29(37)36-13-10-19(9-12-32)11-14-36/h1-8,15,17-19,27,35H,9-14,16,32H2,(H3,33,34)/t27-/m1/s1. The van der Waals surface area contributed by atoms with Crippen molar-refractivity contribution in [2.45, 2.75) is 36.6 Å². The summed E-state index contributed by atoms with van der Waals surface area (Å²) in [5, 5.41) is 8.62. The molecule has 0 bridgehead atoms. The lowest BCUT2D eigenvalue weighted by Crippen LogP contribution is -2.51. The minimum Gasteiger partial charge on any atom is -0.384 e. The van der Waals surface area contributed by atoms with Crippen LogP contribution < -0.4 is 16.2 Å². The average Bonchev–Trinajstić information content (AvgIpc) is 2.93. The van der Waals surface area contributed by atoms with E-state index in [2.05, 4.69) is 4.72 Å². The van der Waals surface area contributed by atoms with Crippen molar-refractivity contribution < 1.29 is 13.2 Å². The number of carbonyl (C=O) groups is 1. The molecule has 1 amide bonds. The van der Waals surface area contributed by atoms with Crippen LogP contribution in [0.2, 0.25) is 10.0 Å². The van der Waals surface area contributed by atoms with Crippen LogP contribution in [0.1, 0.15) is 30.4 Å². The molecule has 1 fully saturated rings. The normalized spacial score (nSPS) is 15.1. The second kappa shape index (κ2) is 13.1. The van der Waals surface area contributed by atoms with Crippen LogP contribution in [0, 0.1) is 11.3 Å². The van der Waals surface area contributed by atoms with Crippen molar-refractivity contribution in [3.05, 3.63) is 87.9 Å². The minimum absolute atomic E-state index is 0.00737. The number of nitrogen functional groups attached to an aromatic ring is 1. The molecule has 1 aliphatic rings. The number of halogens is 2. The number of hydrogen-bond donors (Lipinski definition) is 4. The van der Waals surface area contributed by atoms with Gasteiger partial charge in [-0.25, -0.2) is 8.42 Å². The zero-order valence-corrected chi connectivity index (χ0v) is 24.3. The molecule has 40 heavy (non-hydrogen) atoms. The van der Waals surface area contributed by atoms with Crippen molar-refractivity contribution in [2.24, 2.45) is 17.4 Å². The summed E-state index contributed by atoms with van der Waals surface area (Å²) in [7, 11) is -4.11. The number of benzene rings is 3. The SMILES string of the molecule is N=C(N)c1cccc(C[C@@H](NS(=O)(=O)c2cccc(-c3ccc(Cl)cc3Cl)c2)C(=O)N2CCC(CCN)CC2)c1. The van der Waals surface area contributed by atoms with Gasteiger partial charge in [0, 0.05) is 34.3 Å². The molecule has 0 spiro atoms. The number of nitrogens with zero attached hydrogens (tertiary/aromatic N) is 1. The molecule has 0 radical (unpaired) electrons. The van der Waals surface area contributed by atoms with Crippen molar-refractivity contribution in [3.63, 3.8) is 0 Å². The Morgan fingerprint density at radius 2 is 1.77 bits per heavy atom. The lowest BCUT2D eigenvalue weighted by Gasteiger charge is -2.34. The fourth-order valence-corrected chi connectivity index (χ4v) is 6.74. The van der Waals surface area contributed by atoms with Crippen LogP contribution in [0.4, 0.5) is 0 Å². The molecule has 6 N–H and O–H groups in total. The molecular formula is C29H33Cl2N5O3S. The fourth-order valence-electron chi connectivity index (χ4n) is 4.99. The second-order valence-electron chi connectivity index (χ2n) is 9.99. The van der Waals surface area contributed by atoms with Gasteiger partial charge in [-0.2, -0.15) is 4.72 Å². The molecule has 4 rings (SSSR count). The maximum absolute atomic E-state index is 13.7. The minimum atomic E-state index is -4.11. The lowest BCUT2D eigenvalue weighted by atomic mass is 9.93. The first kappa shape index (κ1) is 30.0. The predicted molar refractivity (Wildman–Crippen MR) is 160 cm³/mol. The van der Waals surface area contributed by atoms with Crippen LogP contribution in [0.25, 0.3) is 11.1 Å². The van der Waals surface area contributed by atoms with Crippen LogP contribution in [0.3, 0.4) is 0 Å². The van der Waals surface area contributed by atoms with E-state index in [1.165, 1.54) is 12.1 Å². The molecule has 1 heterocycles. The highest BCUT2D eigenvalue weighted by atomic mass is 35.5. The van der Waals surface area contributed by atoms with E-state index in [0.29, 0.717) is 57.9 Å². The van der Waals surface area contributed by atoms with Gasteiger partial charge >= 0.3 is 0 Å². The van der Waals surface area contributed by atoms with Crippen molar-refractivity contribution in [2.75, 3.05) is 19.6 Å². The Balaban J connectivity index is 1.62. The third kappa shape index (κ3) is 7.41. The molecule has 11 heteroatoms. The molecule has 0 saturated carbocycles. The summed E-state index contributed by atoms with van der Waals surface area (Å²) in [6.45, 7) is 1.69. The predicted octanol–water partition coefficient (Wildman–Crippen LogP) is 4.42. The Morgan fingerprint density at radius 1 is 1.05 bits per heavy atom. The van der Waals surface area contributed by atoms with Gasteiger partial charge in [0.15, 0.2) is 0 Å². The first-order chi connectivity index (χ1) is 19.1. The molecule has 1 aliphatic heterocycles. The molecular weight excluding hydrogens is 569 g/mol. The largest absolute Gasteiger partial charge is 0.384 e. The molecule has 1 saturated heterocycles. The summed E-state index contributed by atoms with van der Waals surface area (Å²) in [4.78, 5) is 15.5. The van der Waals surface area contributed by atoms with Crippen molar-refractivity contribution >= 4 is 45.0 Å². The Morgan fingerprint density at radius 3 is 2.45 bits per heavy atom. The zero-order valence-electron chi connectivity index (χ0n) is 21.9. The quantitative estimate of drug-likeness (QED) is 0.201. The highest BCUT2D eigenvalue weighted by Gasteiger charge is 2.32. The molecule has 8 nitrogen and oxygen atoms in total. The Hall–Kier alpha value is -2.95. The Bertz CT molecular complexity index is 1490. The number of nitrogens with two attached hydrogens (primary N) is 2. The molecule has 1 atom stereocenters. The topological polar surface area (TPSA) is 142 Å². The van der Waals surface area contributed by atoms with Gasteiger partial charge < -0.3 is 16.4 Å². The molecule has 0 aromatic heterocycles. The molecule has 0 aliphatic carbocycles.